The van der Waals surface area contributed by atoms with E-state index in [0.29, 0.717) is 11.1 Å². The summed E-state index contributed by atoms with van der Waals surface area (Å²) in [6, 6.07) is 19.8. The van der Waals surface area contributed by atoms with Gasteiger partial charge in [-0.3, -0.25) is 14.9 Å². The van der Waals surface area contributed by atoms with Crippen molar-refractivity contribution in [1.82, 2.24) is 5.32 Å². The lowest BCUT2D eigenvalue weighted by Gasteiger charge is -2.15. The summed E-state index contributed by atoms with van der Waals surface area (Å²) >= 11 is 0. The van der Waals surface area contributed by atoms with Crippen LogP contribution in [0.15, 0.2) is 60.7 Å². The summed E-state index contributed by atoms with van der Waals surface area (Å²) in [5, 5.41) is 10.9. The predicted octanol–water partition coefficient (Wildman–Crippen LogP) is 4.62. The molecule has 0 fully saturated rings. The van der Waals surface area contributed by atoms with Gasteiger partial charge in [-0.15, -0.1) is 0 Å². The molecule has 3 heteroatoms. The summed E-state index contributed by atoms with van der Waals surface area (Å²) in [5.41, 5.74) is 1.09. The quantitative estimate of drug-likeness (QED) is 0.257. The Morgan fingerprint density at radius 1 is 0.520 bits per heavy atom. The zero-order chi connectivity index (χ0) is 16.7. The highest BCUT2D eigenvalue weighted by atomic mass is 16.2. The lowest BCUT2D eigenvalue weighted by Crippen LogP contribution is -2.30. The van der Waals surface area contributed by atoms with Crippen LogP contribution in [0.3, 0.4) is 0 Å². The zero-order valence-electron chi connectivity index (χ0n) is 13.1. The first-order valence-electron chi connectivity index (χ1n) is 8.22. The monoisotopic (exact) mass is 321 g/mol. The number of amides is 2. The molecular formula is C22H11NO2. The van der Waals surface area contributed by atoms with Crippen molar-refractivity contribution in [2.45, 2.75) is 0 Å². The first-order chi connectivity index (χ1) is 12.2. The van der Waals surface area contributed by atoms with E-state index >= 15 is 0 Å². The van der Waals surface area contributed by atoms with Gasteiger partial charge in [0.2, 0.25) is 0 Å². The van der Waals surface area contributed by atoms with Crippen molar-refractivity contribution in [2.24, 2.45) is 0 Å². The van der Waals surface area contributed by atoms with Crippen molar-refractivity contribution in [3.63, 3.8) is 0 Å². The average molecular weight is 321 g/mol. The molecule has 25 heavy (non-hydrogen) atoms. The fourth-order valence-electron chi connectivity index (χ4n) is 4.35. The third-order valence-corrected chi connectivity index (χ3v) is 5.36. The van der Waals surface area contributed by atoms with Crippen LogP contribution >= 0.6 is 0 Å². The maximum Gasteiger partial charge on any atom is 0.258 e. The van der Waals surface area contributed by atoms with E-state index in [1.54, 1.807) is 0 Å². The van der Waals surface area contributed by atoms with Crippen LogP contribution in [0.25, 0.3) is 43.1 Å². The average Bonchev–Trinajstić information content (AvgIpc) is 2.71. The molecule has 3 nitrogen and oxygen atoms in total. The van der Waals surface area contributed by atoms with Gasteiger partial charge in [0.1, 0.15) is 0 Å². The van der Waals surface area contributed by atoms with Gasteiger partial charge < -0.3 is 0 Å². The summed E-state index contributed by atoms with van der Waals surface area (Å²) in [6.07, 6.45) is 0. The molecule has 0 saturated carbocycles. The first-order valence-corrected chi connectivity index (χ1v) is 8.22. The Bertz CT molecular complexity index is 1390. The number of fused-ring (bicyclic) bond motifs is 1. The van der Waals surface area contributed by atoms with Crippen LogP contribution in [0.4, 0.5) is 0 Å². The Morgan fingerprint density at radius 2 is 1.20 bits per heavy atom. The van der Waals surface area contributed by atoms with E-state index in [4.69, 9.17) is 0 Å². The highest BCUT2D eigenvalue weighted by molar-refractivity contribution is 6.38. The largest absolute Gasteiger partial charge is 0.288 e. The van der Waals surface area contributed by atoms with Crippen molar-refractivity contribution in [3.8, 4) is 0 Å². The van der Waals surface area contributed by atoms with Crippen LogP contribution in [0.2, 0.25) is 0 Å². The van der Waals surface area contributed by atoms with Gasteiger partial charge >= 0.3 is 0 Å². The lowest BCUT2D eigenvalue weighted by atomic mass is 9.87. The van der Waals surface area contributed by atoms with E-state index in [-0.39, 0.29) is 11.8 Å². The minimum atomic E-state index is -0.349. The van der Waals surface area contributed by atoms with E-state index in [0.717, 1.165) is 43.1 Å². The van der Waals surface area contributed by atoms with Crippen LogP contribution in [0, 0.1) is 0 Å². The fourth-order valence-corrected chi connectivity index (χ4v) is 4.35. The van der Waals surface area contributed by atoms with Gasteiger partial charge in [0.05, 0.1) is 0 Å². The highest BCUT2D eigenvalue weighted by Crippen LogP contribution is 2.42. The summed E-state index contributed by atoms with van der Waals surface area (Å²) in [4.78, 5) is 25.4. The molecule has 1 N–H and O–H groups in total. The molecule has 0 unspecified atom stereocenters. The van der Waals surface area contributed by atoms with E-state index < -0.39 is 0 Å². The number of benzene rings is 5. The molecule has 0 radical (unpaired) electrons. The molecule has 0 spiro atoms. The second-order valence-corrected chi connectivity index (χ2v) is 6.56. The van der Waals surface area contributed by atoms with Gasteiger partial charge in [-0.1, -0.05) is 48.5 Å². The molecule has 1 aliphatic heterocycles. The molecule has 1 heterocycles. The zero-order valence-corrected chi connectivity index (χ0v) is 13.1. The number of hydrogen-bond donors (Lipinski definition) is 1. The first kappa shape index (κ1) is 12.9. The number of nitrogens with one attached hydrogen (secondary N) is 1. The van der Waals surface area contributed by atoms with E-state index in [1.807, 2.05) is 42.5 Å². The van der Waals surface area contributed by atoms with Crippen LogP contribution in [-0.4, -0.2) is 11.8 Å². The van der Waals surface area contributed by atoms with Crippen LogP contribution < -0.4 is 5.32 Å². The summed E-state index contributed by atoms with van der Waals surface area (Å²) < 4.78 is 0. The van der Waals surface area contributed by atoms with E-state index in [2.05, 4.69) is 23.5 Å². The Hall–Kier alpha value is -3.46. The standard InChI is InChI=1S/C22H11NO2/c24-21-15-9-10-16-19-13(5-2-6-14(15)19)12-4-1-3-11-7-8-17(22(25)23-21)20(16)18(11)12/h1-10H,(H,23,24,25). The van der Waals surface area contributed by atoms with Crippen molar-refractivity contribution in [2.75, 3.05) is 0 Å². The minimum Gasteiger partial charge on any atom is -0.288 e. The molecule has 0 aromatic heterocycles. The van der Waals surface area contributed by atoms with Gasteiger partial charge in [-0.05, 0) is 49.8 Å². The highest BCUT2D eigenvalue weighted by Gasteiger charge is 2.24. The molecule has 0 atom stereocenters. The Morgan fingerprint density at radius 3 is 2.08 bits per heavy atom. The smallest absolute Gasteiger partial charge is 0.258 e. The molecule has 4 bridgehead atoms. The number of rotatable bonds is 0. The molecule has 5 aromatic carbocycles. The number of carbonyl (C=O) groups excluding carboxylic acids is 2. The SMILES string of the molecule is O=c1[nH]c(=O)c2ccc3cccc4c5cccc6c1ccc(c65)c2c34. The molecule has 116 valence electrons. The Labute approximate surface area is 142 Å². The molecule has 2 amide bonds. The number of imide groups is 1. The molecular weight excluding hydrogens is 310 g/mol. The molecule has 1 aliphatic rings. The molecule has 5 aromatic rings. The summed E-state index contributed by atoms with van der Waals surface area (Å²) in [5.74, 6) is -0.690. The summed E-state index contributed by atoms with van der Waals surface area (Å²) in [7, 11) is 0. The maximum atomic E-state index is 12.8. The molecule has 0 saturated heterocycles. The van der Waals surface area contributed by atoms with Crippen molar-refractivity contribution >= 4 is 54.9 Å². The number of hydrogen-bond acceptors (Lipinski definition) is 2. The second kappa shape index (κ2) is 4.14. The van der Waals surface area contributed by atoms with Crippen molar-refractivity contribution in [1.29, 1.82) is 0 Å². The third kappa shape index (κ3) is 1.42. The van der Waals surface area contributed by atoms with E-state index in [9.17, 15) is 9.59 Å². The summed E-state index contributed by atoms with van der Waals surface area (Å²) in [6.45, 7) is 0. The minimum absolute atomic E-state index is 0.341. The van der Waals surface area contributed by atoms with Gasteiger partial charge in [0.15, 0.2) is 0 Å². The van der Waals surface area contributed by atoms with Crippen LogP contribution in [-0.2, 0) is 0 Å². The van der Waals surface area contributed by atoms with Crippen molar-refractivity contribution in [3.05, 3.63) is 71.8 Å². The van der Waals surface area contributed by atoms with Crippen LogP contribution in [0.1, 0.15) is 20.7 Å². The predicted molar refractivity (Wildman–Crippen MR) is 99.4 cm³/mol. The second-order valence-electron chi connectivity index (χ2n) is 6.56. The normalized spacial score (nSPS) is 14.1. The van der Waals surface area contributed by atoms with Gasteiger partial charge in [-0.25, -0.2) is 0 Å². The Kier molecular flexibility index (Phi) is 2.13. The van der Waals surface area contributed by atoms with Gasteiger partial charge in [-0.2, -0.15) is 0 Å². The lowest BCUT2D eigenvalue weighted by molar-refractivity contribution is 0.0851. The third-order valence-electron chi connectivity index (χ3n) is 5.36. The Balaban J connectivity index is 2.12. The van der Waals surface area contributed by atoms with Gasteiger partial charge in [0.25, 0.3) is 11.8 Å². The topological polar surface area (TPSA) is 46.2 Å². The molecule has 6 rings (SSSR count). The molecule has 0 aliphatic carbocycles. The fraction of sp³-hybridized carbons (Fsp3) is 0. The maximum absolute atomic E-state index is 12.8. The van der Waals surface area contributed by atoms with E-state index in [1.165, 1.54) is 0 Å². The van der Waals surface area contributed by atoms with Crippen LogP contribution in [0.5, 0.6) is 0 Å². The van der Waals surface area contributed by atoms with Crippen molar-refractivity contribution < 1.29 is 9.59 Å². The number of carbonyl (C=O) groups is 2. The van der Waals surface area contributed by atoms with Gasteiger partial charge in [0, 0.05) is 16.5 Å².